The van der Waals surface area contributed by atoms with Crippen LogP contribution in [0.5, 0.6) is 11.5 Å². The molecule has 1 aromatic heterocycles. The lowest BCUT2D eigenvalue weighted by Crippen LogP contribution is -2.47. The number of hydrogen-bond acceptors (Lipinski definition) is 9. The van der Waals surface area contributed by atoms with Gasteiger partial charge in [-0.15, -0.1) is 0 Å². The third kappa shape index (κ3) is 5.62. The third-order valence-electron chi connectivity index (χ3n) is 4.05. The lowest BCUT2D eigenvalue weighted by atomic mass is 10.2. The van der Waals surface area contributed by atoms with Crippen molar-refractivity contribution in [1.29, 1.82) is 0 Å². The summed E-state index contributed by atoms with van der Waals surface area (Å²) in [7, 11) is 3.31. The second-order valence-corrected chi connectivity index (χ2v) is 7.41. The summed E-state index contributed by atoms with van der Waals surface area (Å²) in [5.74, 6) is 0.982. The minimum Gasteiger partial charge on any atom is -0.477 e. The van der Waals surface area contributed by atoms with Crippen molar-refractivity contribution >= 4 is 21.3 Å². The maximum atomic E-state index is 6.06. The van der Waals surface area contributed by atoms with E-state index < -0.39 is 0 Å². The molecule has 1 aliphatic heterocycles. The first-order chi connectivity index (χ1) is 12.5. The Kier molecular flexibility index (Phi) is 8.23. The molecule has 0 fully saturated rings. The van der Waals surface area contributed by atoms with Gasteiger partial charge in [0, 0.05) is 20.8 Å². The molecule has 1 aromatic rings. The monoisotopic (exact) mass is 390 g/mol. The highest BCUT2D eigenvalue weighted by molar-refractivity contribution is 7.20. The van der Waals surface area contributed by atoms with Crippen LogP contribution in [0, 0.1) is 0 Å². The Labute approximate surface area is 158 Å². The van der Waals surface area contributed by atoms with Gasteiger partial charge in [0.15, 0.2) is 23.7 Å². The molecular formula is C17H30N2O6S. The molecule has 0 aliphatic carbocycles. The van der Waals surface area contributed by atoms with E-state index >= 15 is 0 Å². The van der Waals surface area contributed by atoms with Gasteiger partial charge >= 0.3 is 0 Å². The predicted octanol–water partition coefficient (Wildman–Crippen LogP) is 1.91. The largest absolute Gasteiger partial charge is 0.477 e. The van der Waals surface area contributed by atoms with Crippen LogP contribution in [0.15, 0.2) is 0 Å². The molecule has 0 spiro atoms. The average molecular weight is 391 g/mol. The Morgan fingerprint density at radius 3 is 1.96 bits per heavy atom. The maximum absolute atomic E-state index is 6.06. The number of nitrogen functional groups attached to an aromatic ring is 2. The molecule has 4 unspecified atom stereocenters. The normalized spacial score (nSPS) is 21.5. The molecule has 2 heterocycles. The van der Waals surface area contributed by atoms with Gasteiger partial charge in [-0.05, 0) is 20.3 Å². The van der Waals surface area contributed by atoms with Crippen molar-refractivity contribution in [3.8, 4) is 11.5 Å². The zero-order valence-corrected chi connectivity index (χ0v) is 16.7. The number of anilines is 2. The van der Waals surface area contributed by atoms with E-state index in [2.05, 4.69) is 0 Å². The van der Waals surface area contributed by atoms with Gasteiger partial charge in [-0.2, -0.15) is 0 Å². The van der Waals surface area contributed by atoms with Gasteiger partial charge in [-0.3, -0.25) is 0 Å². The first-order valence-corrected chi connectivity index (χ1v) is 9.50. The van der Waals surface area contributed by atoms with Crippen molar-refractivity contribution in [2.45, 2.75) is 44.7 Å². The molecule has 0 bridgehead atoms. The molecule has 0 radical (unpaired) electrons. The van der Waals surface area contributed by atoms with Gasteiger partial charge in [0.2, 0.25) is 0 Å². The molecule has 9 heteroatoms. The van der Waals surface area contributed by atoms with Crippen LogP contribution in [0.25, 0.3) is 0 Å². The topological polar surface area (TPSA) is 107 Å². The Hall–Kier alpha value is -1.26. The van der Waals surface area contributed by atoms with E-state index in [0.29, 0.717) is 47.9 Å². The van der Waals surface area contributed by atoms with Crippen LogP contribution >= 0.6 is 11.3 Å². The van der Waals surface area contributed by atoms with E-state index in [9.17, 15) is 0 Å². The number of ether oxygens (including phenoxy) is 6. The summed E-state index contributed by atoms with van der Waals surface area (Å²) < 4.78 is 34.0. The van der Waals surface area contributed by atoms with Crippen molar-refractivity contribution in [3.63, 3.8) is 0 Å². The van der Waals surface area contributed by atoms with Crippen LogP contribution < -0.4 is 20.9 Å². The average Bonchev–Trinajstić information content (AvgIpc) is 2.89. The van der Waals surface area contributed by atoms with Crippen molar-refractivity contribution in [3.05, 3.63) is 0 Å². The fraction of sp³-hybridized carbons (Fsp3) is 0.765. The summed E-state index contributed by atoms with van der Waals surface area (Å²) in [6, 6.07) is 0. The van der Waals surface area contributed by atoms with Gasteiger partial charge in [0.25, 0.3) is 0 Å². The molecule has 8 nitrogen and oxygen atoms in total. The number of rotatable bonds is 11. The summed E-state index contributed by atoms with van der Waals surface area (Å²) >= 11 is 1.24. The quantitative estimate of drug-likeness (QED) is 0.590. The van der Waals surface area contributed by atoms with Crippen molar-refractivity contribution in [2.75, 3.05) is 52.1 Å². The van der Waals surface area contributed by atoms with E-state index in [1.54, 1.807) is 14.2 Å². The molecule has 26 heavy (non-hydrogen) atoms. The number of nitrogens with two attached hydrogens (primary N) is 2. The fourth-order valence-electron chi connectivity index (χ4n) is 2.56. The minimum absolute atomic E-state index is 0.0406. The molecule has 1 aliphatic rings. The molecule has 0 saturated heterocycles. The summed E-state index contributed by atoms with van der Waals surface area (Å²) in [6.07, 6.45) is 0.0803. The summed E-state index contributed by atoms with van der Waals surface area (Å²) in [5, 5.41) is 1.00. The molecule has 0 amide bonds. The Bertz CT molecular complexity index is 556. The lowest BCUT2D eigenvalue weighted by Gasteiger charge is -2.34. The van der Waals surface area contributed by atoms with Crippen molar-refractivity contribution < 1.29 is 28.4 Å². The zero-order valence-electron chi connectivity index (χ0n) is 15.9. The predicted molar refractivity (Wildman–Crippen MR) is 101 cm³/mol. The smallest absolute Gasteiger partial charge is 0.198 e. The van der Waals surface area contributed by atoms with Crippen LogP contribution in [0.1, 0.15) is 20.3 Å². The Balaban J connectivity index is 2.01. The van der Waals surface area contributed by atoms with Gasteiger partial charge in [0.05, 0.1) is 32.0 Å². The molecule has 0 aromatic carbocycles. The molecule has 4 atom stereocenters. The van der Waals surface area contributed by atoms with Crippen LogP contribution in [-0.4, -0.2) is 65.1 Å². The highest BCUT2D eigenvalue weighted by atomic mass is 32.1. The summed E-state index contributed by atoms with van der Waals surface area (Å²) in [4.78, 5) is 0. The molecule has 4 N–H and O–H groups in total. The fourth-order valence-corrected chi connectivity index (χ4v) is 3.27. The van der Waals surface area contributed by atoms with Gasteiger partial charge in [-0.1, -0.05) is 11.3 Å². The first kappa shape index (κ1) is 21.0. The van der Waals surface area contributed by atoms with Crippen LogP contribution in [0.2, 0.25) is 0 Å². The highest BCUT2D eigenvalue weighted by Crippen LogP contribution is 2.50. The number of thiophene rings is 1. The standard InChI is InChI=1S/C17H30N2O6S/c1-10(5-6-20-3)22-8-12-13(9-23-11(2)7-21-4)25-15-14(24-12)16(18)26-17(15)19/h10-13H,5-9,18-19H2,1-4H3. The third-order valence-corrected chi connectivity index (χ3v) is 4.86. The number of methoxy groups -OCH3 is 2. The van der Waals surface area contributed by atoms with Crippen LogP contribution in [0.3, 0.4) is 0 Å². The zero-order chi connectivity index (χ0) is 19.1. The van der Waals surface area contributed by atoms with Crippen LogP contribution in [-0.2, 0) is 18.9 Å². The number of fused-ring (bicyclic) bond motifs is 1. The molecule has 150 valence electrons. The second-order valence-electron chi connectivity index (χ2n) is 6.33. The Morgan fingerprint density at radius 1 is 0.923 bits per heavy atom. The number of hydrogen-bond donors (Lipinski definition) is 2. The van der Waals surface area contributed by atoms with E-state index in [0.717, 1.165) is 6.42 Å². The molecule has 0 saturated carbocycles. The van der Waals surface area contributed by atoms with Crippen LogP contribution in [0.4, 0.5) is 10.0 Å². The Morgan fingerprint density at radius 2 is 1.46 bits per heavy atom. The van der Waals surface area contributed by atoms with E-state index in [4.69, 9.17) is 39.9 Å². The van der Waals surface area contributed by atoms with Gasteiger partial charge < -0.3 is 39.9 Å². The SMILES string of the molecule is COCCC(C)OCC1Oc2c(N)sc(N)c2OC1COC(C)COC. The molecular weight excluding hydrogens is 360 g/mol. The van der Waals surface area contributed by atoms with E-state index in [1.807, 2.05) is 13.8 Å². The summed E-state index contributed by atoms with van der Waals surface area (Å²) in [6.45, 7) is 5.76. The maximum Gasteiger partial charge on any atom is 0.198 e. The lowest BCUT2D eigenvalue weighted by molar-refractivity contribution is -0.0950. The first-order valence-electron chi connectivity index (χ1n) is 8.68. The van der Waals surface area contributed by atoms with E-state index in [1.165, 1.54) is 11.3 Å². The van der Waals surface area contributed by atoms with Crippen molar-refractivity contribution in [1.82, 2.24) is 0 Å². The highest BCUT2D eigenvalue weighted by Gasteiger charge is 2.36. The second kappa shape index (κ2) is 10.2. The van der Waals surface area contributed by atoms with Gasteiger partial charge in [0.1, 0.15) is 10.0 Å². The van der Waals surface area contributed by atoms with Crippen molar-refractivity contribution in [2.24, 2.45) is 0 Å². The minimum atomic E-state index is -0.354. The van der Waals surface area contributed by atoms with E-state index in [-0.39, 0.29) is 24.4 Å². The summed E-state index contributed by atoms with van der Waals surface area (Å²) in [5.41, 5.74) is 12.0. The molecule has 2 rings (SSSR count). The van der Waals surface area contributed by atoms with Gasteiger partial charge in [-0.25, -0.2) is 0 Å².